The van der Waals surface area contributed by atoms with Gasteiger partial charge in [0.05, 0.1) is 0 Å². The van der Waals surface area contributed by atoms with E-state index in [0.717, 1.165) is 24.1 Å². The molecule has 1 N–H and O–H groups in total. The van der Waals surface area contributed by atoms with E-state index in [2.05, 4.69) is 18.3 Å². The summed E-state index contributed by atoms with van der Waals surface area (Å²) in [4.78, 5) is 0. The van der Waals surface area contributed by atoms with Crippen molar-refractivity contribution in [1.29, 1.82) is 0 Å². The fraction of sp³-hybridized carbons (Fsp3) is 0.600. The van der Waals surface area contributed by atoms with Crippen molar-refractivity contribution in [2.75, 3.05) is 6.54 Å². The summed E-state index contributed by atoms with van der Waals surface area (Å²) < 4.78 is 13.6. The van der Waals surface area contributed by atoms with Crippen molar-refractivity contribution in [3.8, 4) is 0 Å². The van der Waals surface area contributed by atoms with Crippen LogP contribution in [0.5, 0.6) is 0 Å². The van der Waals surface area contributed by atoms with Crippen LogP contribution in [0.4, 0.5) is 4.39 Å². The quantitative estimate of drug-likeness (QED) is 0.814. The molecule has 0 heterocycles. The molecular weight excluding hydrogens is 213 g/mol. The topological polar surface area (TPSA) is 12.0 Å². The van der Waals surface area contributed by atoms with Gasteiger partial charge in [0.2, 0.25) is 0 Å². The number of halogens is 1. The van der Waals surface area contributed by atoms with Gasteiger partial charge in [-0.05, 0) is 55.8 Å². The molecule has 1 saturated carbocycles. The Morgan fingerprint density at radius 2 is 2.18 bits per heavy atom. The maximum absolute atomic E-state index is 13.6. The Bertz CT molecular complexity index is 371. The van der Waals surface area contributed by atoms with E-state index in [0.29, 0.717) is 12.0 Å². The zero-order valence-electron chi connectivity index (χ0n) is 10.8. The second kappa shape index (κ2) is 5.63. The molecule has 1 aliphatic carbocycles. The fourth-order valence-corrected chi connectivity index (χ4v) is 2.43. The average Bonchev–Trinajstić information content (AvgIpc) is 2.25. The lowest BCUT2D eigenvalue weighted by Crippen LogP contribution is -2.32. The summed E-state index contributed by atoms with van der Waals surface area (Å²) in [5, 5.41) is 3.57. The van der Waals surface area contributed by atoms with E-state index in [9.17, 15) is 4.39 Å². The molecule has 2 heteroatoms. The van der Waals surface area contributed by atoms with Crippen molar-refractivity contribution in [2.45, 2.75) is 45.6 Å². The van der Waals surface area contributed by atoms with E-state index in [1.165, 1.54) is 19.3 Å². The molecule has 0 amide bonds. The molecule has 17 heavy (non-hydrogen) atoms. The van der Waals surface area contributed by atoms with Crippen molar-refractivity contribution in [1.82, 2.24) is 5.32 Å². The maximum Gasteiger partial charge on any atom is 0.126 e. The first-order valence-electron chi connectivity index (χ1n) is 6.71. The van der Waals surface area contributed by atoms with Gasteiger partial charge in [-0.3, -0.25) is 0 Å². The molecule has 1 fully saturated rings. The zero-order valence-corrected chi connectivity index (χ0v) is 10.8. The number of benzene rings is 1. The first-order valence-corrected chi connectivity index (χ1v) is 6.71. The molecule has 94 valence electrons. The predicted octanol–water partition coefficient (Wildman–Crippen LogP) is 3.97. The van der Waals surface area contributed by atoms with Gasteiger partial charge in [-0.2, -0.15) is 0 Å². The maximum atomic E-state index is 13.6. The van der Waals surface area contributed by atoms with Crippen molar-refractivity contribution in [3.05, 3.63) is 35.1 Å². The van der Waals surface area contributed by atoms with Gasteiger partial charge in [-0.15, -0.1) is 0 Å². The Hall–Kier alpha value is -0.890. The van der Waals surface area contributed by atoms with Crippen LogP contribution in [0.25, 0.3) is 0 Å². The van der Waals surface area contributed by atoms with Crippen molar-refractivity contribution >= 4 is 0 Å². The summed E-state index contributed by atoms with van der Waals surface area (Å²) in [6.45, 7) is 4.99. The molecule has 0 bridgehead atoms. The second-order valence-electron chi connectivity index (χ2n) is 5.13. The summed E-state index contributed by atoms with van der Waals surface area (Å²) in [7, 11) is 0. The lowest BCUT2D eigenvalue weighted by Gasteiger charge is -2.35. The van der Waals surface area contributed by atoms with E-state index in [1.54, 1.807) is 6.07 Å². The molecule has 0 spiro atoms. The lowest BCUT2D eigenvalue weighted by atomic mass is 9.77. The van der Waals surface area contributed by atoms with E-state index < -0.39 is 0 Å². The first-order chi connectivity index (χ1) is 8.22. The van der Waals surface area contributed by atoms with Crippen LogP contribution in [0.3, 0.4) is 0 Å². The van der Waals surface area contributed by atoms with Crippen LogP contribution in [0, 0.1) is 18.7 Å². The van der Waals surface area contributed by atoms with Gasteiger partial charge >= 0.3 is 0 Å². The molecule has 0 radical (unpaired) electrons. The highest BCUT2D eigenvalue weighted by atomic mass is 19.1. The molecule has 0 saturated heterocycles. The Morgan fingerprint density at radius 3 is 2.71 bits per heavy atom. The van der Waals surface area contributed by atoms with Gasteiger partial charge in [0.1, 0.15) is 5.82 Å². The zero-order chi connectivity index (χ0) is 12.3. The smallest absolute Gasteiger partial charge is 0.126 e. The van der Waals surface area contributed by atoms with Crippen LogP contribution in [0.1, 0.15) is 49.8 Å². The van der Waals surface area contributed by atoms with Crippen LogP contribution in [-0.4, -0.2) is 6.54 Å². The summed E-state index contributed by atoms with van der Waals surface area (Å²) in [5.41, 5.74) is 1.85. The monoisotopic (exact) mass is 235 g/mol. The Balaban J connectivity index is 2.15. The summed E-state index contributed by atoms with van der Waals surface area (Å²) in [5.74, 6) is 0.619. The highest BCUT2D eigenvalue weighted by Crippen LogP contribution is 2.37. The number of rotatable bonds is 5. The summed E-state index contributed by atoms with van der Waals surface area (Å²) in [6.07, 6.45) is 4.99. The average molecular weight is 235 g/mol. The van der Waals surface area contributed by atoms with Gasteiger partial charge in [0.25, 0.3) is 0 Å². The Morgan fingerprint density at radius 1 is 1.41 bits per heavy atom. The van der Waals surface area contributed by atoms with E-state index in [-0.39, 0.29) is 5.82 Å². The predicted molar refractivity (Wildman–Crippen MR) is 69.5 cm³/mol. The number of hydrogen-bond donors (Lipinski definition) is 1. The molecule has 1 unspecified atom stereocenters. The third-order valence-corrected chi connectivity index (χ3v) is 3.79. The third kappa shape index (κ3) is 2.86. The summed E-state index contributed by atoms with van der Waals surface area (Å²) >= 11 is 0. The minimum Gasteiger partial charge on any atom is -0.310 e. The van der Waals surface area contributed by atoms with Gasteiger partial charge in [-0.25, -0.2) is 4.39 Å². The van der Waals surface area contributed by atoms with Crippen LogP contribution >= 0.6 is 0 Å². The minimum atomic E-state index is -0.0786. The van der Waals surface area contributed by atoms with Crippen molar-refractivity contribution in [3.63, 3.8) is 0 Å². The van der Waals surface area contributed by atoms with E-state index in [1.807, 2.05) is 13.0 Å². The molecule has 2 rings (SSSR count). The number of nitrogens with one attached hydrogen (secondary N) is 1. The van der Waals surface area contributed by atoms with Gasteiger partial charge in [-0.1, -0.05) is 25.5 Å². The van der Waals surface area contributed by atoms with Gasteiger partial charge in [0.15, 0.2) is 0 Å². The van der Waals surface area contributed by atoms with E-state index >= 15 is 0 Å². The Labute approximate surface area is 103 Å². The molecule has 1 aromatic carbocycles. The van der Waals surface area contributed by atoms with Crippen LogP contribution in [0.2, 0.25) is 0 Å². The first kappa shape index (κ1) is 12.6. The largest absolute Gasteiger partial charge is 0.310 e. The molecule has 1 nitrogen and oxygen atoms in total. The van der Waals surface area contributed by atoms with Gasteiger partial charge < -0.3 is 5.32 Å². The van der Waals surface area contributed by atoms with Crippen LogP contribution in [-0.2, 0) is 0 Å². The molecule has 1 atom stereocenters. The lowest BCUT2D eigenvalue weighted by molar-refractivity contribution is 0.231. The van der Waals surface area contributed by atoms with Crippen LogP contribution in [0.15, 0.2) is 18.2 Å². The highest BCUT2D eigenvalue weighted by Gasteiger charge is 2.28. The molecule has 1 aromatic rings. The normalized spacial score (nSPS) is 17.8. The SMILES string of the molecule is CCCNC(c1ccc(C)c(F)c1)C1CCC1. The van der Waals surface area contributed by atoms with Gasteiger partial charge in [0, 0.05) is 6.04 Å². The summed E-state index contributed by atoms with van der Waals surface area (Å²) in [6, 6.07) is 6.02. The highest BCUT2D eigenvalue weighted by molar-refractivity contribution is 5.26. The standard InChI is InChI=1S/C15H22FN/c1-3-9-17-15(12-5-4-6-12)13-8-7-11(2)14(16)10-13/h7-8,10,12,15,17H,3-6,9H2,1-2H3. The van der Waals surface area contributed by atoms with Crippen molar-refractivity contribution in [2.24, 2.45) is 5.92 Å². The molecular formula is C15H22FN. The fourth-order valence-electron chi connectivity index (χ4n) is 2.43. The molecule has 0 aliphatic heterocycles. The second-order valence-corrected chi connectivity index (χ2v) is 5.13. The van der Waals surface area contributed by atoms with Crippen LogP contribution < -0.4 is 5.32 Å². The number of hydrogen-bond acceptors (Lipinski definition) is 1. The minimum absolute atomic E-state index is 0.0786. The molecule has 1 aliphatic rings. The number of aryl methyl sites for hydroxylation is 1. The molecule has 0 aromatic heterocycles. The van der Waals surface area contributed by atoms with Crippen molar-refractivity contribution < 1.29 is 4.39 Å². The third-order valence-electron chi connectivity index (χ3n) is 3.79. The van der Waals surface area contributed by atoms with E-state index in [4.69, 9.17) is 0 Å². The Kier molecular flexibility index (Phi) is 4.16.